The Morgan fingerprint density at radius 1 is 0.480 bits per heavy atom. The standard InChI is InChI=1S/C69H54BClN4/c1-68(2,3)49-37-55(45-22-12-8-13-23-45)67(56(38-49)46-24-14-9-15-25-46)75-63-41-51(71)32-35-58(63)70-57-34-31-47(44-20-10-7-11-21-44)36-62(57)74(64-39-50(69(4,5)6)40-65(75)66(64)70)61-42-52(33-30-48(61)43-72)73-59-28-18-16-26-53(59)54-27-17-19-29-60(54)73/h7-42H,1-6H3/i7D,10D,11D,20D,21D. The molecule has 0 N–H and O–H groups in total. The van der Waals surface area contributed by atoms with Crippen LogP contribution < -0.4 is 26.2 Å². The summed E-state index contributed by atoms with van der Waals surface area (Å²) in [5.41, 5.74) is 17.6. The maximum Gasteiger partial charge on any atom is 0.252 e. The van der Waals surface area contributed by atoms with Gasteiger partial charge in [0.25, 0.3) is 6.71 Å². The van der Waals surface area contributed by atoms with Crippen molar-refractivity contribution in [1.82, 2.24) is 4.57 Å². The number of hydrogen-bond acceptors (Lipinski definition) is 3. The van der Waals surface area contributed by atoms with Crippen molar-refractivity contribution >= 4 is 90.6 Å². The number of benzene rings is 10. The highest BCUT2D eigenvalue weighted by atomic mass is 35.5. The molecule has 6 heteroatoms. The summed E-state index contributed by atoms with van der Waals surface area (Å²) in [7, 11) is 0. The van der Waals surface area contributed by atoms with Gasteiger partial charge in [0, 0.05) is 55.4 Å². The van der Waals surface area contributed by atoms with E-state index in [1.165, 1.54) is 5.56 Å². The van der Waals surface area contributed by atoms with Gasteiger partial charge in [-0.25, -0.2) is 0 Å². The summed E-state index contributed by atoms with van der Waals surface area (Å²) in [6.45, 7) is 13.0. The van der Waals surface area contributed by atoms with Crippen molar-refractivity contribution in [1.29, 1.82) is 5.26 Å². The first-order valence-corrected chi connectivity index (χ1v) is 25.9. The van der Waals surface area contributed by atoms with Gasteiger partial charge in [0.05, 0.1) is 34.8 Å². The van der Waals surface area contributed by atoms with Crippen molar-refractivity contribution in [3.63, 3.8) is 0 Å². The molecule has 0 amide bonds. The minimum atomic E-state index is -0.457. The first kappa shape index (κ1) is 40.9. The summed E-state index contributed by atoms with van der Waals surface area (Å²) in [6.07, 6.45) is 0. The maximum absolute atomic E-state index is 11.4. The third-order valence-corrected chi connectivity index (χ3v) is 15.5. The zero-order chi connectivity index (χ0) is 55.7. The minimum Gasteiger partial charge on any atom is -0.310 e. The van der Waals surface area contributed by atoms with Crippen LogP contribution in [0.2, 0.25) is 5.02 Å². The molecule has 1 aromatic heterocycles. The van der Waals surface area contributed by atoms with Crippen LogP contribution in [0.15, 0.2) is 218 Å². The van der Waals surface area contributed by atoms with E-state index in [0.717, 1.165) is 94.4 Å². The van der Waals surface area contributed by atoms with E-state index in [1.807, 2.05) is 48.5 Å². The Morgan fingerprint density at radius 3 is 1.60 bits per heavy atom. The first-order chi connectivity index (χ1) is 38.4. The topological polar surface area (TPSA) is 35.2 Å². The van der Waals surface area contributed by atoms with Gasteiger partial charge in [-0.1, -0.05) is 199 Å². The van der Waals surface area contributed by atoms with Crippen LogP contribution >= 0.6 is 11.6 Å². The molecule has 0 fully saturated rings. The molecule has 0 atom stereocenters. The Labute approximate surface area is 452 Å². The highest BCUT2D eigenvalue weighted by molar-refractivity contribution is 7.00. The Kier molecular flexibility index (Phi) is 9.56. The number of nitrogens with zero attached hydrogens (tertiary/aromatic N) is 4. The lowest BCUT2D eigenvalue weighted by atomic mass is 9.33. The van der Waals surface area contributed by atoms with Gasteiger partial charge in [-0.3, -0.25) is 0 Å². The molecule has 10 aromatic carbocycles. The van der Waals surface area contributed by atoms with Gasteiger partial charge in [0.1, 0.15) is 6.07 Å². The molecule has 2 aliphatic rings. The molecule has 0 saturated carbocycles. The summed E-state index contributed by atoms with van der Waals surface area (Å²) in [5, 5.41) is 14.2. The van der Waals surface area contributed by atoms with E-state index >= 15 is 0 Å². The lowest BCUT2D eigenvalue weighted by Crippen LogP contribution is -2.61. The number of anilines is 6. The van der Waals surface area contributed by atoms with E-state index < -0.39 is 30.3 Å². The fraction of sp³-hybridized carbons (Fsp3) is 0.116. The zero-order valence-corrected chi connectivity index (χ0v) is 43.4. The lowest BCUT2D eigenvalue weighted by molar-refractivity contribution is 0.590. The Balaban J connectivity index is 1.19. The lowest BCUT2D eigenvalue weighted by Gasteiger charge is -2.46. The summed E-state index contributed by atoms with van der Waals surface area (Å²) < 4.78 is 46.8. The van der Waals surface area contributed by atoms with Gasteiger partial charge >= 0.3 is 0 Å². The summed E-state index contributed by atoms with van der Waals surface area (Å²) in [5.74, 6) is 0. The molecule has 0 saturated heterocycles. The van der Waals surface area contributed by atoms with Crippen molar-refractivity contribution in [2.24, 2.45) is 0 Å². The van der Waals surface area contributed by atoms with Crippen molar-refractivity contribution in [3.8, 4) is 45.1 Å². The molecule has 0 bridgehead atoms. The minimum absolute atomic E-state index is 0.0933. The van der Waals surface area contributed by atoms with Crippen LogP contribution in [-0.2, 0) is 10.8 Å². The van der Waals surface area contributed by atoms with E-state index in [-0.39, 0.29) is 23.1 Å². The fourth-order valence-corrected chi connectivity index (χ4v) is 11.7. The van der Waals surface area contributed by atoms with Crippen molar-refractivity contribution in [3.05, 3.63) is 240 Å². The number of hydrogen-bond donors (Lipinski definition) is 0. The number of para-hydroxylation sites is 2. The molecule has 0 radical (unpaired) electrons. The van der Waals surface area contributed by atoms with Gasteiger partial charge in [-0.2, -0.15) is 5.26 Å². The molecular weight excluding hydrogens is 931 g/mol. The van der Waals surface area contributed by atoms with E-state index in [4.69, 9.17) is 15.7 Å². The third-order valence-electron chi connectivity index (χ3n) is 15.2. The Bertz CT molecular complexity index is 4300. The predicted octanol–water partition coefficient (Wildman–Crippen LogP) is 17.0. The SMILES string of the molecule is [2H]c1c([2H])c([2H])c(-c2ccc3c(c2)N(c2cc(-n4c5ccccc5c5ccccc54)ccc2C#N)c2cc(C(C)(C)C)cc4c2B3c2ccc(Cl)cc2N4c2c(-c3ccccc3)cc(C(C)(C)C)cc2-c2ccccc2)c([2H])c1[2H]. The average molecular weight is 991 g/mol. The van der Waals surface area contributed by atoms with Crippen LogP contribution in [0.4, 0.5) is 34.1 Å². The van der Waals surface area contributed by atoms with E-state index in [2.05, 4.69) is 202 Å². The molecule has 360 valence electrons. The molecule has 0 aliphatic carbocycles. The van der Waals surface area contributed by atoms with E-state index in [0.29, 0.717) is 27.5 Å². The van der Waals surface area contributed by atoms with Crippen molar-refractivity contribution in [2.45, 2.75) is 52.4 Å². The molecule has 0 unspecified atom stereocenters. The van der Waals surface area contributed by atoms with Gasteiger partial charge < -0.3 is 14.4 Å². The van der Waals surface area contributed by atoms with Crippen molar-refractivity contribution in [2.75, 3.05) is 9.80 Å². The van der Waals surface area contributed by atoms with Gasteiger partial charge in [0.15, 0.2) is 0 Å². The number of fused-ring (bicyclic) bond motifs is 7. The predicted molar refractivity (Wildman–Crippen MR) is 318 cm³/mol. The van der Waals surface area contributed by atoms with Crippen LogP contribution in [0.25, 0.3) is 60.9 Å². The molecule has 3 heterocycles. The van der Waals surface area contributed by atoms with Crippen molar-refractivity contribution < 1.29 is 6.85 Å². The third kappa shape index (κ3) is 7.58. The van der Waals surface area contributed by atoms with Gasteiger partial charge in [0.2, 0.25) is 0 Å². The average Bonchev–Trinajstić information content (AvgIpc) is 3.75. The summed E-state index contributed by atoms with van der Waals surface area (Å²) in [6, 6.07) is 66.2. The van der Waals surface area contributed by atoms with Crippen LogP contribution in [0.5, 0.6) is 0 Å². The molecule has 2 aliphatic heterocycles. The second-order valence-corrected chi connectivity index (χ2v) is 22.3. The second kappa shape index (κ2) is 17.6. The number of aromatic nitrogens is 1. The Morgan fingerprint density at radius 2 is 1.01 bits per heavy atom. The molecule has 0 spiro atoms. The highest BCUT2D eigenvalue weighted by Gasteiger charge is 2.45. The van der Waals surface area contributed by atoms with Crippen LogP contribution in [0.1, 0.15) is 65.1 Å². The van der Waals surface area contributed by atoms with E-state index in [1.54, 1.807) is 0 Å². The monoisotopic (exact) mass is 989 g/mol. The van der Waals surface area contributed by atoms with E-state index in [9.17, 15) is 8.00 Å². The number of halogens is 1. The zero-order valence-electron chi connectivity index (χ0n) is 47.6. The fourth-order valence-electron chi connectivity index (χ4n) is 11.6. The quantitative estimate of drug-likeness (QED) is 0.156. The number of nitriles is 1. The largest absolute Gasteiger partial charge is 0.310 e. The molecule has 11 aromatic rings. The summed E-state index contributed by atoms with van der Waals surface area (Å²) in [4.78, 5) is 4.64. The highest BCUT2D eigenvalue weighted by Crippen LogP contribution is 2.53. The normalized spacial score (nSPS) is 13.8. The Hall–Kier alpha value is -8.56. The maximum atomic E-state index is 11.4. The van der Waals surface area contributed by atoms with Crippen LogP contribution in [-0.4, -0.2) is 11.3 Å². The number of rotatable bonds is 6. The molecule has 13 rings (SSSR count). The van der Waals surface area contributed by atoms with Gasteiger partial charge in [-0.15, -0.1) is 0 Å². The molecular formula is C69H54BClN4. The van der Waals surface area contributed by atoms with Crippen LogP contribution in [0.3, 0.4) is 0 Å². The molecule has 75 heavy (non-hydrogen) atoms. The smallest absolute Gasteiger partial charge is 0.252 e. The van der Waals surface area contributed by atoms with Crippen LogP contribution in [0, 0.1) is 11.3 Å². The summed E-state index contributed by atoms with van der Waals surface area (Å²) >= 11 is 7.27. The first-order valence-electron chi connectivity index (χ1n) is 28.0. The van der Waals surface area contributed by atoms with Gasteiger partial charge in [-0.05, 0) is 133 Å². The second-order valence-electron chi connectivity index (χ2n) is 21.8. The molecule has 4 nitrogen and oxygen atoms in total.